The van der Waals surface area contributed by atoms with Gasteiger partial charge in [-0.15, -0.1) is 0 Å². The van der Waals surface area contributed by atoms with Crippen molar-refractivity contribution < 1.29 is 9.47 Å². The van der Waals surface area contributed by atoms with Gasteiger partial charge in [0.25, 0.3) is 0 Å². The molecule has 3 rings (SSSR count). The molecular weight excluding hydrogens is 358 g/mol. The topological polar surface area (TPSA) is 30.5 Å². The summed E-state index contributed by atoms with van der Waals surface area (Å²) in [5.74, 6) is 0. The summed E-state index contributed by atoms with van der Waals surface area (Å²) in [7, 11) is 0. The van der Waals surface area contributed by atoms with Gasteiger partial charge in [-0.05, 0) is 42.6 Å². The zero-order valence-electron chi connectivity index (χ0n) is 15.9. The van der Waals surface area contributed by atoms with E-state index in [0.717, 1.165) is 42.1 Å². The molecule has 0 aromatic heterocycles. The lowest BCUT2D eigenvalue weighted by Gasteiger charge is -2.44. The minimum absolute atomic E-state index is 0.0716. The summed E-state index contributed by atoms with van der Waals surface area (Å²) >= 11 is 6.13. The van der Waals surface area contributed by atoms with Gasteiger partial charge in [-0.2, -0.15) is 0 Å². The Bertz CT molecular complexity index is 717. The smallest absolute Gasteiger partial charge is 0.122 e. The molecule has 2 aromatic rings. The number of hydrogen-bond donors (Lipinski definition) is 1. The van der Waals surface area contributed by atoms with E-state index < -0.39 is 5.60 Å². The van der Waals surface area contributed by atoms with Gasteiger partial charge >= 0.3 is 0 Å². The number of allylic oxidation sites excluding steroid dienone is 1. The minimum Gasteiger partial charge on any atom is -0.369 e. The predicted molar refractivity (Wildman–Crippen MR) is 111 cm³/mol. The number of halogens is 1. The zero-order chi connectivity index (χ0) is 19.0. The Morgan fingerprint density at radius 2 is 1.89 bits per heavy atom. The van der Waals surface area contributed by atoms with Crippen LogP contribution < -0.4 is 5.32 Å². The summed E-state index contributed by atoms with van der Waals surface area (Å²) in [5.41, 5.74) is 1.79. The van der Waals surface area contributed by atoms with Gasteiger partial charge in [0.05, 0.1) is 13.2 Å². The standard InChI is InChI=1S/C23H28ClNO2/c1-2-3-7-16-26-22-17-25-15-14-23(22,20-10-12-21(24)13-11-20)27-18-19-8-5-4-6-9-19/h3-13,22,25H,2,14-18H2,1H3/b7-3+. The van der Waals surface area contributed by atoms with Crippen LogP contribution in [-0.4, -0.2) is 25.8 Å². The van der Waals surface area contributed by atoms with E-state index in [-0.39, 0.29) is 6.10 Å². The number of benzene rings is 2. The molecule has 3 nitrogen and oxygen atoms in total. The van der Waals surface area contributed by atoms with E-state index in [9.17, 15) is 0 Å². The van der Waals surface area contributed by atoms with Crippen molar-refractivity contribution in [3.8, 4) is 0 Å². The number of hydrogen-bond acceptors (Lipinski definition) is 3. The Morgan fingerprint density at radius 3 is 2.63 bits per heavy atom. The lowest BCUT2D eigenvalue weighted by molar-refractivity contribution is -0.168. The molecule has 0 amide bonds. The van der Waals surface area contributed by atoms with Crippen molar-refractivity contribution in [1.29, 1.82) is 0 Å². The fourth-order valence-corrected chi connectivity index (χ4v) is 3.66. The molecule has 2 atom stereocenters. The second-order valence-electron chi connectivity index (χ2n) is 6.83. The lowest BCUT2D eigenvalue weighted by atomic mass is 9.82. The molecule has 0 bridgehead atoms. The maximum Gasteiger partial charge on any atom is 0.122 e. The SMILES string of the molecule is CC/C=C/COC1CNCCC1(OCc1ccccc1)c1ccc(Cl)cc1. The average Bonchev–Trinajstić information content (AvgIpc) is 2.72. The highest BCUT2D eigenvalue weighted by Crippen LogP contribution is 2.38. The Hall–Kier alpha value is -1.65. The molecule has 1 aliphatic heterocycles. The van der Waals surface area contributed by atoms with Gasteiger partial charge in [0.2, 0.25) is 0 Å². The fourth-order valence-electron chi connectivity index (χ4n) is 3.53. The van der Waals surface area contributed by atoms with Gasteiger partial charge in [-0.1, -0.05) is 73.1 Å². The number of piperidine rings is 1. The van der Waals surface area contributed by atoms with Crippen molar-refractivity contribution in [3.63, 3.8) is 0 Å². The minimum atomic E-state index is -0.494. The molecule has 4 heteroatoms. The lowest BCUT2D eigenvalue weighted by Crippen LogP contribution is -2.54. The van der Waals surface area contributed by atoms with Crippen molar-refractivity contribution in [1.82, 2.24) is 5.32 Å². The summed E-state index contributed by atoms with van der Waals surface area (Å²) < 4.78 is 12.9. The summed E-state index contributed by atoms with van der Waals surface area (Å²) in [6, 6.07) is 18.3. The Labute approximate surface area is 167 Å². The summed E-state index contributed by atoms with van der Waals surface area (Å²) in [6.07, 6.45) is 6.00. The van der Waals surface area contributed by atoms with Crippen molar-refractivity contribution in [2.75, 3.05) is 19.7 Å². The van der Waals surface area contributed by atoms with Crippen LogP contribution in [0.3, 0.4) is 0 Å². The summed E-state index contributed by atoms with van der Waals surface area (Å²) in [5, 5.41) is 4.19. The molecule has 0 radical (unpaired) electrons. The van der Waals surface area contributed by atoms with Crippen LogP contribution in [0.4, 0.5) is 0 Å². The first-order chi connectivity index (χ1) is 13.2. The van der Waals surface area contributed by atoms with Crippen LogP contribution in [0.1, 0.15) is 30.9 Å². The third-order valence-corrected chi connectivity index (χ3v) is 5.24. The molecule has 1 fully saturated rings. The predicted octanol–water partition coefficient (Wildman–Crippen LogP) is 5.10. The van der Waals surface area contributed by atoms with Gasteiger partial charge in [0.1, 0.15) is 11.7 Å². The quantitative estimate of drug-likeness (QED) is 0.641. The molecular formula is C23H28ClNO2. The van der Waals surface area contributed by atoms with Crippen LogP contribution in [0.2, 0.25) is 5.02 Å². The number of nitrogens with one attached hydrogen (secondary N) is 1. The van der Waals surface area contributed by atoms with Crippen LogP contribution in [0.15, 0.2) is 66.7 Å². The van der Waals surface area contributed by atoms with E-state index in [1.807, 2.05) is 30.3 Å². The molecule has 144 valence electrons. The molecule has 2 unspecified atom stereocenters. The average molecular weight is 386 g/mol. The van der Waals surface area contributed by atoms with Crippen LogP contribution in [-0.2, 0) is 21.7 Å². The van der Waals surface area contributed by atoms with Gasteiger partial charge in [-0.25, -0.2) is 0 Å². The molecule has 1 N–H and O–H groups in total. The normalized spacial score (nSPS) is 23.0. The van der Waals surface area contributed by atoms with Crippen LogP contribution in [0, 0.1) is 0 Å². The third kappa shape index (κ3) is 5.20. The highest BCUT2D eigenvalue weighted by atomic mass is 35.5. The van der Waals surface area contributed by atoms with Crippen LogP contribution >= 0.6 is 11.6 Å². The second kappa shape index (κ2) is 10.0. The summed E-state index contributed by atoms with van der Waals surface area (Å²) in [4.78, 5) is 0. The van der Waals surface area contributed by atoms with Gasteiger partial charge < -0.3 is 14.8 Å². The van der Waals surface area contributed by atoms with E-state index >= 15 is 0 Å². The van der Waals surface area contributed by atoms with Crippen LogP contribution in [0.25, 0.3) is 0 Å². The monoisotopic (exact) mass is 385 g/mol. The second-order valence-corrected chi connectivity index (χ2v) is 7.26. The van der Waals surface area contributed by atoms with Gasteiger partial charge in [-0.3, -0.25) is 0 Å². The highest BCUT2D eigenvalue weighted by Gasteiger charge is 2.44. The van der Waals surface area contributed by atoms with Gasteiger partial charge in [0.15, 0.2) is 0 Å². The van der Waals surface area contributed by atoms with E-state index in [2.05, 4.69) is 48.7 Å². The van der Waals surface area contributed by atoms with Crippen LogP contribution in [0.5, 0.6) is 0 Å². The molecule has 27 heavy (non-hydrogen) atoms. The summed E-state index contributed by atoms with van der Waals surface area (Å²) in [6.45, 7) is 4.91. The van der Waals surface area contributed by atoms with Crippen molar-refractivity contribution in [2.45, 2.75) is 38.1 Å². The number of ether oxygens (including phenoxy) is 2. The first-order valence-electron chi connectivity index (χ1n) is 9.66. The molecule has 1 saturated heterocycles. The zero-order valence-corrected chi connectivity index (χ0v) is 16.6. The first kappa shape index (κ1) is 20.1. The van der Waals surface area contributed by atoms with Gasteiger partial charge in [0, 0.05) is 11.6 Å². The van der Waals surface area contributed by atoms with Crippen molar-refractivity contribution in [3.05, 3.63) is 82.9 Å². The molecule has 0 aliphatic carbocycles. The highest BCUT2D eigenvalue weighted by molar-refractivity contribution is 6.30. The van der Waals surface area contributed by atoms with E-state index in [4.69, 9.17) is 21.1 Å². The fraction of sp³-hybridized carbons (Fsp3) is 0.391. The van der Waals surface area contributed by atoms with Crippen molar-refractivity contribution in [2.24, 2.45) is 0 Å². The Kier molecular flexibility index (Phi) is 7.48. The molecule has 1 aliphatic rings. The molecule has 0 spiro atoms. The molecule has 2 aromatic carbocycles. The number of rotatable bonds is 8. The largest absolute Gasteiger partial charge is 0.369 e. The maximum atomic E-state index is 6.62. The maximum absolute atomic E-state index is 6.62. The van der Waals surface area contributed by atoms with Crippen molar-refractivity contribution >= 4 is 11.6 Å². The third-order valence-electron chi connectivity index (χ3n) is 4.99. The Balaban J connectivity index is 1.86. The first-order valence-corrected chi connectivity index (χ1v) is 10.0. The van der Waals surface area contributed by atoms with E-state index in [0.29, 0.717) is 13.2 Å². The van der Waals surface area contributed by atoms with E-state index in [1.54, 1.807) is 0 Å². The molecule has 1 heterocycles. The molecule has 0 saturated carbocycles. The Morgan fingerprint density at radius 1 is 1.11 bits per heavy atom. The van der Waals surface area contributed by atoms with E-state index in [1.165, 1.54) is 0 Å².